The van der Waals surface area contributed by atoms with E-state index in [0.717, 1.165) is 6.42 Å². The molecule has 0 saturated carbocycles. The molecule has 17 heavy (non-hydrogen) atoms. The minimum atomic E-state index is -1.29. The Balaban J connectivity index is 2.42. The zero-order chi connectivity index (χ0) is 12.8. The lowest BCUT2D eigenvalue weighted by atomic mass is 10.0. The van der Waals surface area contributed by atoms with Gasteiger partial charge in [-0.15, -0.1) is 11.8 Å². The number of rotatable bonds is 6. The standard InChI is InChI=1S/C10H20O6S/c1-15-3-2-4-17-10-9(14)8(13)7(12)6(5-11)16-10/h6-14H,2-5H2,1H3/t6?,7-,8?,9?,10+/m1/s1. The predicted octanol–water partition coefficient (Wildman–Crippen LogP) is -1.44. The summed E-state index contributed by atoms with van der Waals surface area (Å²) < 4.78 is 10.2. The van der Waals surface area contributed by atoms with Crippen molar-refractivity contribution < 1.29 is 29.9 Å². The van der Waals surface area contributed by atoms with Crippen molar-refractivity contribution in [1.82, 2.24) is 0 Å². The second-order valence-electron chi connectivity index (χ2n) is 3.91. The van der Waals surface area contributed by atoms with Gasteiger partial charge in [0.1, 0.15) is 29.9 Å². The summed E-state index contributed by atoms with van der Waals surface area (Å²) in [5.41, 5.74) is -0.637. The highest BCUT2D eigenvalue weighted by Gasteiger charge is 2.43. The van der Waals surface area contributed by atoms with Crippen LogP contribution in [0.4, 0.5) is 0 Å². The molecular formula is C10H20O6S. The molecule has 0 aromatic carbocycles. The maximum atomic E-state index is 9.71. The van der Waals surface area contributed by atoms with Gasteiger partial charge in [0, 0.05) is 13.7 Å². The van der Waals surface area contributed by atoms with Crippen LogP contribution in [-0.4, -0.2) is 76.4 Å². The van der Waals surface area contributed by atoms with Gasteiger partial charge >= 0.3 is 0 Å². The Bertz CT molecular complexity index is 215. The van der Waals surface area contributed by atoms with E-state index in [2.05, 4.69) is 0 Å². The maximum Gasteiger partial charge on any atom is 0.132 e. The Morgan fingerprint density at radius 1 is 1.18 bits per heavy atom. The molecule has 1 fully saturated rings. The van der Waals surface area contributed by atoms with Crippen LogP contribution in [0, 0.1) is 0 Å². The van der Waals surface area contributed by atoms with Gasteiger partial charge in [0.05, 0.1) is 6.61 Å². The van der Waals surface area contributed by atoms with Gasteiger partial charge < -0.3 is 29.9 Å². The number of ether oxygens (including phenoxy) is 2. The number of hydrogen-bond acceptors (Lipinski definition) is 7. The summed E-state index contributed by atoms with van der Waals surface area (Å²) in [5, 5.41) is 37.8. The van der Waals surface area contributed by atoms with Crippen molar-refractivity contribution in [2.24, 2.45) is 0 Å². The molecule has 102 valence electrons. The summed E-state index contributed by atoms with van der Waals surface area (Å²) in [4.78, 5) is 0. The third kappa shape index (κ3) is 4.06. The van der Waals surface area contributed by atoms with Crippen LogP contribution < -0.4 is 0 Å². The van der Waals surface area contributed by atoms with E-state index in [0.29, 0.717) is 12.4 Å². The Kier molecular flexibility index (Phi) is 6.71. The van der Waals surface area contributed by atoms with E-state index in [1.165, 1.54) is 11.8 Å². The zero-order valence-corrected chi connectivity index (χ0v) is 10.5. The molecule has 5 atom stereocenters. The second-order valence-corrected chi connectivity index (χ2v) is 5.12. The topological polar surface area (TPSA) is 99.4 Å². The molecule has 1 aliphatic heterocycles. The van der Waals surface area contributed by atoms with Crippen LogP contribution in [0.1, 0.15) is 6.42 Å². The van der Waals surface area contributed by atoms with Crippen LogP contribution in [0.15, 0.2) is 0 Å². The van der Waals surface area contributed by atoms with E-state index in [4.69, 9.17) is 14.6 Å². The normalized spacial score (nSPS) is 38.3. The quantitative estimate of drug-likeness (QED) is 0.438. The number of aliphatic hydroxyl groups is 4. The minimum Gasteiger partial charge on any atom is -0.394 e. The van der Waals surface area contributed by atoms with Gasteiger partial charge in [-0.1, -0.05) is 0 Å². The highest BCUT2D eigenvalue weighted by atomic mass is 32.2. The van der Waals surface area contributed by atoms with Crippen molar-refractivity contribution in [1.29, 1.82) is 0 Å². The van der Waals surface area contributed by atoms with Crippen LogP contribution in [0.2, 0.25) is 0 Å². The number of hydrogen-bond donors (Lipinski definition) is 4. The predicted molar refractivity (Wildman–Crippen MR) is 62.7 cm³/mol. The third-order valence-corrected chi connectivity index (χ3v) is 3.87. The van der Waals surface area contributed by atoms with Crippen molar-refractivity contribution >= 4 is 11.8 Å². The van der Waals surface area contributed by atoms with Crippen molar-refractivity contribution in [2.45, 2.75) is 36.3 Å². The molecule has 1 saturated heterocycles. The maximum absolute atomic E-state index is 9.71. The summed E-state index contributed by atoms with van der Waals surface area (Å²) in [6, 6.07) is 0. The SMILES string of the molecule is COCCCS[C@@H]1OC(CO)[C@@H](O)C(O)C1O. The first-order valence-corrected chi connectivity index (χ1v) is 6.57. The van der Waals surface area contributed by atoms with Gasteiger partial charge in [-0.05, 0) is 12.2 Å². The van der Waals surface area contributed by atoms with Gasteiger partial charge in [-0.3, -0.25) is 0 Å². The molecule has 7 heteroatoms. The molecule has 4 N–H and O–H groups in total. The monoisotopic (exact) mass is 268 g/mol. The van der Waals surface area contributed by atoms with Gasteiger partial charge in [-0.2, -0.15) is 0 Å². The van der Waals surface area contributed by atoms with Crippen LogP contribution in [-0.2, 0) is 9.47 Å². The zero-order valence-electron chi connectivity index (χ0n) is 9.73. The Morgan fingerprint density at radius 3 is 2.47 bits per heavy atom. The summed E-state index contributed by atoms with van der Waals surface area (Å²) in [6.45, 7) is 0.227. The fourth-order valence-corrected chi connectivity index (χ4v) is 2.70. The molecule has 0 aromatic rings. The molecule has 1 aliphatic rings. The lowest BCUT2D eigenvalue weighted by Crippen LogP contribution is -2.57. The summed E-state index contributed by atoms with van der Waals surface area (Å²) in [5.74, 6) is 0.705. The molecule has 0 aromatic heterocycles. The average molecular weight is 268 g/mol. The van der Waals surface area contributed by atoms with Gasteiger partial charge in [0.25, 0.3) is 0 Å². The van der Waals surface area contributed by atoms with E-state index in [1.807, 2.05) is 0 Å². The van der Waals surface area contributed by atoms with E-state index >= 15 is 0 Å². The fraction of sp³-hybridized carbons (Fsp3) is 1.00. The highest BCUT2D eigenvalue weighted by Crippen LogP contribution is 2.28. The Labute approximate surface area is 105 Å². The average Bonchev–Trinajstić information content (AvgIpc) is 2.34. The first-order valence-electron chi connectivity index (χ1n) is 5.53. The van der Waals surface area contributed by atoms with E-state index < -0.39 is 29.9 Å². The summed E-state index contributed by atoms with van der Waals surface area (Å²) in [7, 11) is 1.61. The Hall–Kier alpha value is 0.110. The minimum absolute atomic E-state index is 0.389. The van der Waals surface area contributed by atoms with Crippen molar-refractivity contribution in [2.75, 3.05) is 26.1 Å². The van der Waals surface area contributed by atoms with Crippen molar-refractivity contribution in [3.8, 4) is 0 Å². The molecule has 6 nitrogen and oxygen atoms in total. The fourth-order valence-electron chi connectivity index (χ4n) is 1.61. The van der Waals surface area contributed by atoms with Gasteiger partial charge in [-0.25, -0.2) is 0 Å². The van der Waals surface area contributed by atoms with E-state index in [9.17, 15) is 15.3 Å². The van der Waals surface area contributed by atoms with Gasteiger partial charge in [0.2, 0.25) is 0 Å². The molecule has 3 unspecified atom stereocenters. The summed E-state index contributed by atoms with van der Waals surface area (Å²) >= 11 is 1.34. The van der Waals surface area contributed by atoms with E-state index in [1.54, 1.807) is 7.11 Å². The lowest BCUT2D eigenvalue weighted by Gasteiger charge is -2.39. The van der Waals surface area contributed by atoms with E-state index in [-0.39, 0.29) is 6.61 Å². The van der Waals surface area contributed by atoms with Crippen LogP contribution in [0.3, 0.4) is 0 Å². The first-order chi connectivity index (χ1) is 8.11. The second kappa shape index (κ2) is 7.52. The van der Waals surface area contributed by atoms with Crippen LogP contribution in [0.5, 0.6) is 0 Å². The molecular weight excluding hydrogens is 248 g/mol. The molecule has 0 radical (unpaired) electrons. The first kappa shape index (κ1) is 15.2. The largest absolute Gasteiger partial charge is 0.394 e. The Morgan fingerprint density at radius 2 is 1.88 bits per heavy atom. The van der Waals surface area contributed by atoms with Crippen molar-refractivity contribution in [3.05, 3.63) is 0 Å². The van der Waals surface area contributed by atoms with Crippen molar-refractivity contribution in [3.63, 3.8) is 0 Å². The number of aliphatic hydroxyl groups excluding tert-OH is 4. The molecule has 0 aliphatic carbocycles. The van der Waals surface area contributed by atoms with Crippen LogP contribution >= 0.6 is 11.8 Å². The third-order valence-electron chi connectivity index (χ3n) is 2.62. The molecule has 0 spiro atoms. The molecule has 0 amide bonds. The number of thioether (sulfide) groups is 1. The molecule has 1 heterocycles. The smallest absolute Gasteiger partial charge is 0.132 e. The molecule has 0 bridgehead atoms. The highest BCUT2D eigenvalue weighted by molar-refractivity contribution is 7.99. The lowest BCUT2D eigenvalue weighted by molar-refractivity contribution is -0.205. The molecule has 1 rings (SSSR count). The summed E-state index contributed by atoms with van der Waals surface area (Å²) in [6.07, 6.45) is -3.75. The van der Waals surface area contributed by atoms with Gasteiger partial charge in [0.15, 0.2) is 0 Å². The number of methoxy groups -OCH3 is 1. The van der Waals surface area contributed by atoms with Crippen LogP contribution in [0.25, 0.3) is 0 Å².